The maximum absolute atomic E-state index is 6.02. The normalized spacial score (nSPS) is 14.3. The second kappa shape index (κ2) is 7.75. The Hall–Kier alpha value is -2.93. The van der Waals surface area contributed by atoms with E-state index in [0.29, 0.717) is 11.0 Å². The monoisotopic (exact) mass is 381 g/mol. The van der Waals surface area contributed by atoms with Crippen LogP contribution in [0.4, 0.5) is 23.4 Å². The average Bonchev–Trinajstić information content (AvgIpc) is 2.71. The van der Waals surface area contributed by atoms with Gasteiger partial charge in [0.2, 0.25) is 11.9 Å². The predicted molar refractivity (Wildman–Crippen MR) is 108 cm³/mol. The maximum Gasteiger partial charge on any atom is 0.229 e. The molecule has 0 aliphatic carbocycles. The smallest absolute Gasteiger partial charge is 0.229 e. The standard InChI is InChI=1S/C19H20ClN7/c1-14-13-15(20)3-4-16(14)24-18-21-8-5-17(25-18)26-9-11-27(12-10-26)19-22-6-2-7-23-19/h2-8,13H,9-12H2,1H3,(H,21,24,25). The molecule has 0 saturated carbocycles. The first-order chi connectivity index (χ1) is 13.2. The molecular formula is C19H20ClN7. The molecule has 1 N–H and O–H groups in total. The highest BCUT2D eigenvalue weighted by molar-refractivity contribution is 6.30. The molecule has 1 saturated heterocycles. The number of aryl methyl sites for hydroxylation is 1. The lowest BCUT2D eigenvalue weighted by Crippen LogP contribution is -2.47. The lowest BCUT2D eigenvalue weighted by molar-refractivity contribution is 0.634. The molecule has 4 rings (SSSR count). The Balaban J connectivity index is 1.44. The molecule has 0 amide bonds. The largest absolute Gasteiger partial charge is 0.353 e. The Morgan fingerprint density at radius 2 is 1.67 bits per heavy atom. The lowest BCUT2D eigenvalue weighted by Gasteiger charge is -2.35. The van der Waals surface area contributed by atoms with Crippen LogP contribution in [-0.4, -0.2) is 46.1 Å². The fourth-order valence-electron chi connectivity index (χ4n) is 3.06. The van der Waals surface area contributed by atoms with Crippen LogP contribution in [0.25, 0.3) is 0 Å². The Kier molecular flexibility index (Phi) is 5.02. The van der Waals surface area contributed by atoms with E-state index in [-0.39, 0.29) is 0 Å². The Morgan fingerprint density at radius 3 is 2.41 bits per heavy atom. The van der Waals surface area contributed by atoms with E-state index in [0.717, 1.165) is 49.2 Å². The number of nitrogens with one attached hydrogen (secondary N) is 1. The molecule has 0 unspecified atom stereocenters. The minimum absolute atomic E-state index is 0.576. The summed E-state index contributed by atoms with van der Waals surface area (Å²) in [5.74, 6) is 2.26. The SMILES string of the molecule is Cc1cc(Cl)ccc1Nc1nccc(N2CCN(c3ncccn3)CC2)n1. The van der Waals surface area contributed by atoms with Crippen LogP contribution < -0.4 is 15.1 Å². The lowest BCUT2D eigenvalue weighted by atomic mass is 10.2. The zero-order chi connectivity index (χ0) is 18.6. The maximum atomic E-state index is 6.02. The Labute approximate surface area is 163 Å². The molecule has 1 aliphatic rings. The molecule has 2 aromatic heterocycles. The van der Waals surface area contributed by atoms with E-state index in [1.807, 2.05) is 37.3 Å². The van der Waals surface area contributed by atoms with E-state index >= 15 is 0 Å². The summed E-state index contributed by atoms with van der Waals surface area (Å²) in [6.07, 6.45) is 5.33. The fourth-order valence-corrected chi connectivity index (χ4v) is 3.29. The van der Waals surface area contributed by atoms with Crippen molar-refractivity contribution >= 4 is 35.0 Å². The molecule has 3 aromatic rings. The van der Waals surface area contributed by atoms with Gasteiger partial charge in [0.15, 0.2) is 0 Å². The third kappa shape index (κ3) is 4.09. The van der Waals surface area contributed by atoms with Gasteiger partial charge in [-0.25, -0.2) is 15.0 Å². The minimum Gasteiger partial charge on any atom is -0.353 e. The average molecular weight is 382 g/mol. The molecule has 1 fully saturated rings. The van der Waals surface area contributed by atoms with Gasteiger partial charge in [-0.3, -0.25) is 0 Å². The van der Waals surface area contributed by atoms with E-state index in [1.54, 1.807) is 18.6 Å². The molecule has 138 valence electrons. The van der Waals surface area contributed by atoms with Gasteiger partial charge in [0.1, 0.15) is 5.82 Å². The molecule has 27 heavy (non-hydrogen) atoms. The first kappa shape index (κ1) is 17.5. The molecule has 7 nitrogen and oxygen atoms in total. The van der Waals surface area contributed by atoms with Crippen molar-refractivity contribution in [3.8, 4) is 0 Å². The van der Waals surface area contributed by atoms with Gasteiger partial charge in [-0.05, 0) is 42.8 Å². The summed E-state index contributed by atoms with van der Waals surface area (Å²) in [5, 5.41) is 3.99. The topological polar surface area (TPSA) is 70.1 Å². The first-order valence-corrected chi connectivity index (χ1v) is 9.20. The quantitative estimate of drug-likeness (QED) is 0.743. The van der Waals surface area contributed by atoms with E-state index in [4.69, 9.17) is 11.6 Å². The minimum atomic E-state index is 0.576. The fraction of sp³-hybridized carbons (Fsp3) is 0.263. The summed E-state index contributed by atoms with van der Waals surface area (Å²) in [7, 11) is 0. The van der Waals surface area contributed by atoms with Crippen molar-refractivity contribution in [3.05, 3.63) is 59.5 Å². The van der Waals surface area contributed by atoms with Crippen LogP contribution in [0.5, 0.6) is 0 Å². The van der Waals surface area contributed by atoms with Crippen LogP contribution in [0.15, 0.2) is 48.9 Å². The molecule has 1 aromatic carbocycles. The number of hydrogen-bond acceptors (Lipinski definition) is 7. The van der Waals surface area contributed by atoms with E-state index in [9.17, 15) is 0 Å². The summed E-state index contributed by atoms with van der Waals surface area (Å²) in [5.41, 5.74) is 2.00. The van der Waals surface area contributed by atoms with Crippen molar-refractivity contribution in [3.63, 3.8) is 0 Å². The molecule has 0 bridgehead atoms. The summed E-state index contributed by atoms with van der Waals surface area (Å²) in [6, 6.07) is 9.47. The van der Waals surface area contributed by atoms with Crippen molar-refractivity contribution in [2.75, 3.05) is 41.3 Å². The van der Waals surface area contributed by atoms with Gasteiger partial charge in [-0.15, -0.1) is 0 Å². The highest BCUT2D eigenvalue weighted by atomic mass is 35.5. The summed E-state index contributed by atoms with van der Waals surface area (Å²) in [6.45, 7) is 5.42. The van der Waals surface area contributed by atoms with Crippen molar-refractivity contribution in [2.45, 2.75) is 6.92 Å². The van der Waals surface area contributed by atoms with Gasteiger partial charge in [0.25, 0.3) is 0 Å². The molecule has 8 heteroatoms. The number of rotatable bonds is 4. The van der Waals surface area contributed by atoms with E-state index < -0.39 is 0 Å². The van der Waals surface area contributed by atoms with Crippen LogP contribution in [0.3, 0.4) is 0 Å². The second-order valence-electron chi connectivity index (χ2n) is 6.35. The van der Waals surface area contributed by atoms with Crippen LogP contribution in [0, 0.1) is 6.92 Å². The van der Waals surface area contributed by atoms with E-state index in [2.05, 4.69) is 35.1 Å². The molecule has 0 radical (unpaired) electrons. The van der Waals surface area contributed by atoms with Gasteiger partial charge in [-0.2, -0.15) is 4.98 Å². The number of piperazine rings is 1. The number of benzene rings is 1. The number of nitrogens with zero attached hydrogens (tertiary/aromatic N) is 6. The zero-order valence-electron chi connectivity index (χ0n) is 15.0. The number of hydrogen-bond donors (Lipinski definition) is 1. The van der Waals surface area contributed by atoms with Gasteiger partial charge < -0.3 is 15.1 Å². The van der Waals surface area contributed by atoms with Crippen LogP contribution >= 0.6 is 11.6 Å². The van der Waals surface area contributed by atoms with Gasteiger partial charge in [0, 0.05) is 55.5 Å². The number of anilines is 4. The van der Waals surface area contributed by atoms with Crippen molar-refractivity contribution < 1.29 is 0 Å². The summed E-state index contributed by atoms with van der Waals surface area (Å²) >= 11 is 6.02. The highest BCUT2D eigenvalue weighted by Gasteiger charge is 2.20. The van der Waals surface area contributed by atoms with E-state index in [1.165, 1.54) is 0 Å². The van der Waals surface area contributed by atoms with Gasteiger partial charge >= 0.3 is 0 Å². The van der Waals surface area contributed by atoms with Crippen molar-refractivity contribution in [1.82, 2.24) is 19.9 Å². The molecule has 0 atom stereocenters. The molecular weight excluding hydrogens is 362 g/mol. The Morgan fingerprint density at radius 1 is 0.926 bits per heavy atom. The van der Waals surface area contributed by atoms with Crippen molar-refractivity contribution in [2.24, 2.45) is 0 Å². The van der Waals surface area contributed by atoms with Crippen LogP contribution in [0.1, 0.15) is 5.56 Å². The zero-order valence-corrected chi connectivity index (χ0v) is 15.8. The van der Waals surface area contributed by atoms with Gasteiger partial charge in [0.05, 0.1) is 0 Å². The number of aromatic nitrogens is 4. The highest BCUT2D eigenvalue weighted by Crippen LogP contribution is 2.23. The van der Waals surface area contributed by atoms with Crippen LogP contribution in [-0.2, 0) is 0 Å². The first-order valence-electron chi connectivity index (χ1n) is 8.82. The second-order valence-corrected chi connectivity index (χ2v) is 6.78. The van der Waals surface area contributed by atoms with Gasteiger partial charge in [-0.1, -0.05) is 11.6 Å². The summed E-state index contributed by atoms with van der Waals surface area (Å²) < 4.78 is 0. The summed E-state index contributed by atoms with van der Waals surface area (Å²) in [4.78, 5) is 22.1. The molecule has 1 aliphatic heterocycles. The predicted octanol–water partition coefficient (Wildman–Crippen LogP) is 3.30. The third-order valence-electron chi connectivity index (χ3n) is 4.51. The molecule has 0 spiro atoms. The van der Waals surface area contributed by atoms with Crippen molar-refractivity contribution in [1.29, 1.82) is 0 Å². The number of halogens is 1. The van der Waals surface area contributed by atoms with Crippen LogP contribution in [0.2, 0.25) is 5.02 Å². The Bertz CT molecular complexity index is 911. The third-order valence-corrected chi connectivity index (χ3v) is 4.75. The molecule has 3 heterocycles.